The lowest BCUT2D eigenvalue weighted by Gasteiger charge is -2.22. The summed E-state index contributed by atoms with van der Waals surface area (Å²) in [6.45, 7) is 9.80. The highest BCUT2D eigenvalue weighted by molar-refractivity contribution is 5.76. The minimum absolute atomic E-state index is 0.0954. The van der Waals surface area contributed by atoms with Crippen LogP contribution in [-0.2, 0) is 4.79 Å². The zero-order chi connectivity index (χ0) is 12.6. The summed E-state index contributed by atoms with van der Waals surface area (Å²) in [6.07, 6.45) is 0.504. The predicted molar refractivity (Wildman–Crippen MR) is 64.8 cm³/mol. The molecule has 0 aromatic heterocycles. The SMILES string of the molecule is CCN(CC(C)C#N)C(=O)CCNC(C)C. The molecule has 16 heavy (non-hydrogen) atoms. The van der Waals surface area contributed by atoms with Crippen LogP contribution in [0.1, 0.15) is 34.1 Å². The van der Waals surface area contributed by atoms with E-state index in [9.17, 15) is 4.79 Å². The number of nitriles is 1. The molecule has 0 saturated carbocycles. The van der Waals surface area contributed by atoms with Gasteiger partial charge >= 0.3 is 0 Å². The van der Waals surface area contributed by atoms with Gasteiger partial charge < -0.3 is 10.2 Å². The van der Waals surface area contributed by atoms with Crippen molar-refractivity contribution in [2.45, 2.75) is 40.2 Å². The normalized spacial score (nSPS) is 12.2. The summed E-state index contributed by atoms with van der Waals surface area (Å²) in [6, 6.07) is 2.55. The van der Waals surface area contributed by atoms with Gasteiger partial charge in [-0.1, -0.05) is 13.8 Å². The van der Waals surface area contributed by atoms with Crippen LogP contribution in [0.4, 0.5) is 0 Å². The first-order valence-electron chi connectivity index (χ1n) is 5.92. The van der Waals surface area contributed by atoms with Crippen LogP contribution in [0, 0.1) is 17.2 Å². The molecule has 0 aliphatic rings. The fraction of sp³-hybridized carbons (Fsp3) is 0.833. The van der Waals surface area contributed by atoms with Gasteiger partial charge in [0.15, 0.2) is 0 Å². The molecule has 0 aromatic rings. The van der Waals surface area contributed by atoms with Crippen LogP contribution in [0.3, 0.4) is 0 Å². The Balaban J connectivity index is 3.97. The van der Waals surface area contributed by atoms with E-state index in [1.54, 1.807) is 4.90 Å². The van der Waals surface area contributed by atoms with Crippen LogP contribution in [-0.4, -0.2) is 36.5 Å². The number of carbonyl (C=O) groups excluding carboxylic acids is 1. The molecule has 1 N–H and O–H groups in total. The van der Waals surface area contributed by atoms with Gasteiger partial charge in [-0.25, -0.2) is 0 Å². The molecule has 1 unspecified atom stereocenters. The van der Waals surface area contributed by atoms with E-state index < -0.39 is 0 Å². The van der Waals surface area contributed by atoms with Crippen molar-refractivity contribution in [3.05, 3.63) is 0 Å². The van der Waals surface area contributed by atoms with Crippen molar-refractivity contribution < 1.29 is 4.79 Å². The van der Waals surface area contributed by atoms with Gasteiger partial charge in [0.05, 0.1) is 12.0 Å². The molecule has 0 fully saturated rings. The minimum Gasteiger partial charge on any atom is -0.342 e. The number of hydrogen-bond acceptors (Lipinski definition) is 3. The van der Waals surface area contributed by atoms with E-state index >= 15 is 0 Å². The second-order valence-corrected chi connectivity index (χ2v) is 4.32. The molecular weight excluding hydrogens is 202 g/mol. The van der Waals surface area contributed by atoms with Gasteiger partial charge in [-0.15, -0.1) is 0 Å². The van der Waals surface area contributed by atoms with Crippen LogP contribution in [0.2, 0.25) is 0 Å². The molecule has 0 aliphatic heterocycles. The molecule has 0 aliphatic carbocycles. The molecule has 0 saturated heterocycles. The maximum absolute atomic E-state index is 11.8. The number of hydrogen-bond donors (Lipinski definition) is 1. The van der Waals surface area contributed by atoms with Gasteiger partial charge in [0, 0.05) is 32.1 Å². The highest BCUT2D eigenvalue weighted by atomic mass is 16.2. The average Bonchev–Trinajstić information content (AvgIpc) is 2.24. The Bertz CT molecular complexity index is 245. The molecule has 1 amide bonds. The zero-order valence-corrected chi connectivity index (χ0v) is 10.8. The Morgan fingerprint density at radius 2 is 2.06 bits per heavy atom. The Kier molecular flexibility index (Phi) is 7.57. The van der Waals surface area contributed by atoms with Crippen molar-refractivity contribution in [2.24, 2.45) is 5.92 Å². The monoisotopic (exact) mass is 225 g/mol. The topological polar surface area (TPSA) is 56.1 Å². The molecule has 0 radical (unpaired) electrons. The smallest absolute Gasteiger partial charge is 0.223 e. The van der Waals surface area contributed by atoms with Gasteiger partial charge in [-0.3, -0.25) is 4.79 Å². The lowest BCUT2D eigenvalue weighted by atomic mass is 10.2. The summed E-state index contributed by atoms with van der Waals surface area (Å²) in [7, 11) is 0. The summed E-state index contributed by atoms with van der Waals surface area (Å²) in [5.41, 5.74) is 0. The van der Waals surface area contributed by atoms with Crippen LogP contribution < -0.4 is 5.32 Å². The number of rotatable bonds is 7. The van der Waals surface area contributed by atoms with E-state index in [4.69, 9.17) is 5.26 Å². The standard InChI is InChI=1S/C12H23N3O/c1-5-15(9-11(4)8-13)12(16)6-7-14-10(2)3/h10-11,14H,5-7,9H2,1-4H3. The first-order valence-corrected chi connectivity index (χ1v) is 5.92. The van der Waals surface area contributed by atoms with Crippen LogP contribution >= 0.6 is 0 Å². The molecule has 4 nitrogen and oxygen atoms in total. The van der Waals surface area contributed by atoms with Gasteiger partial charge in [0.1, 0.15) is 0 Å². The number of carbonyl (C=O) groups is 1. The molecule has 1 atom stereocenters. The van der Waals surface area contributed by atoms with Crippen molar-refractivity contribution in [3.63, 3.8) is 0 Å². The summed E-state index contributed by atoms with van der Waals surface area (Å²) >= 11 is 0. The molecule has 0 spiro atoms. The third kappa shape index (κ3) is 6.41. The number of nitrogens with one attached hydrogen (secondary N) is 1. The van der Waals surface area contributed by atoms with E-state index in [1.807, 2.05) is 13.8 Å². The molecule has 0 rings (SSSR count). The third-order valence-corrected chi connectivity index (χ3v) is 2.34. The quantitative estimate of drug-likeness (QED) is 0.712. The molecule has 0 heterocycles. The number of amides is 1. The van der Waals surface area contributed by atoms with Crippen molar-refractivity contribution in [1.29, 1.82) is 5.26 Å². The zero-order valence-electron chi connectivity index (χ0n) is 10.8. The maximum atomic E-state index is 11.8. The first kappa shape index (κ1) is 14.9. The molecule has 0 bridgehead atoms. The van der Waals surface area contributed by atoms with Crippen LogP contribution in [0.15, 0.2) is 0 Å². The summed E-state index contributed by atoms with van der Waals surface area (Å²) in [5, 5.41) is 11.9. The predicted octanol–water partition coefficient (Wildman–Crippen LogP) is 1.38. The summed E-state index contributed by atoms with van der Waals surface area (Å²) in [5.74, 6) is 0.0275. The lowest BCUT2D eigenvalue weighted by Crippen LogP contribution is -2.36. The molecule has 0 aromatic carbocycles. The lowest BCUT2D eigenvalue weighted by molar-refractivity contribution is -0.131. The fourth-order valence-electron chi connectivity index (χ4n) is 1.40. The van der Waals surface area contributed by atoms with Gasteiger partial charge in [-0.05, 0) is 13.8 Å². The largest absolute Gasteiger partial charge is 0.342 e. The van der Waals surface area contributed by atoms with E-state index in [-0.39, 0.29) is 11.8 Å². The minimum atomic E-state index is -0.0954. The van der Waals surface area contributed by atoms with Crippen LogP contribution in [0.5, 0.6) is 0 Å². The van der Waals surface area contributed by atoms with Gasteiger partial charge in [0.2, 0.25) is 5.91 Å². The summed E-state index contributed by atoms with van der Waals surface area (Å²) < 4.78 is 0. The second-order valence-electron chi connectivity index (χ2n) is 4.32. The Labute approximate surface area is 98.6 Å². The van der Waals surface area contributed by atoms with Gasteiger partial charge in [-0.2, -0.15) is 5.26 Å². The van der Waals surface area contributed by atoms with Crippen molar-refractivity contribution in [3.8, 4) is 6.07 Å². The van der Waals surface area contributed by atoms with Crippen LogP contribution in [0.25, 0.3) is 0 Å². The highest BCUT2D eigenvalue weighted by Crippen LogP contribution is 2.01. The number of nitrogens with zero attached hydrogens (tertiary/aromatic N) is 2. The average molecular weight is 225 g/mol. The molecule has 92 valence electrons. The molecular formula is C12H23N3O. The van der Waals surface area contributed by atoms with E-state index in [0.29, 0.717) is 32.1 Å². The van der Waals surface area contributed by atoms with Crippen molar-refractivity contribution >= 4 is 5.91 Å². The fourth-order valence-corrected chi connectivity index (χ4v) is 1.40. The van der Waals surface area contributed by atoms with E-state index in [0.717, 1.165) is 0 Å². The summed E-state index contributed by atoms with van der Waals surface area (Å²) in [4.78, 5) is 13.5. The van der Waals surface area contributed by atoms with Crippen molar-refractivity contribution in [2.75, 3.05) is 19.6 Å². The third-order valence-electron chi connectivity index (χ3n) is 2.34. The Hall–Kier alpha value is -1.08. The van der Waals surface area contributed by atoms with E-state index in [1.165, 1.54) is 0 Å². The van der Waals surface area contributed by atoms with Crippen molar-refractivity contribution in [1.82, 2.24) is 10.2 Å². The Morgan fingerprint density at radius 1 is 1.44 bits per heavy atom. The maximum Gasteiger partial charge on any atom is 0.223 e. The van der Waals surface area contributed by atoms with E-state index in [2.05, 4.69) is 25.2 Å². The van der Waals surface area contributed by atoms with Gasteiger partial charge in [0.25, 0.3) is 0 Å². The highest BCUT2D eigenvalue weighted by Gasteiger charge is 2.14. The molecule has 4 heteroatoms. The first-order chi connectivity index (χ1) is 7.51. The second kappa shape index (κ2) is 8.12. The Morgan fingerprint density at radius 3 is 2.50 bits per heavy atom.